The molecule has 1 N–H and O–H groups in total. The van der Waals surface area contributed by atoms with Crippen LogP contribution >= 0.6 is 11.3 Å². The topological polar surface area (TPSA) is 83.7 Å². The second kappa shape index (κ2) is 8.81. The fourth-order valence-corrected chi connectivity index (χ4v) is 5.11. The maximum Gasteiger partial charge on any atom is 0.264 e. The van der Waals surface area contributed by atoms with Crippen molar-refractivity contribution in [2.24, 2.45) is 7.05 Å². The number of morpholine rings is 1. The first kappa shape index (κ1) is 20.9. The number of nitrogens with zero attached hydrogens (tertiary/aromatic N) is 5. The third-order valence-electron chi connectivity index (χ3n) is 5.46. The van der Waals surface area contributed by atoms with Gasteiger partial charge in [0.05, 0.1) is 25.0 Å². The van der Waals surface area contributed by atoms with Crippen LogP contribution < -0.4 is 0 Å². The number of aliphatic hydroxyl groups excluding tert-OH is 1. The third-order valence-corrected chi connectivity index (χ3v) is 6.58. The lowest BCUT2D eigenvalue weighted by Gasteiger charge is -2.33. The van der Waals surface area contributed by atoms with Gasteiger partial charge in [-0.3, -0.25) is 14.4 Å². The van der Waals surface area contributed by atoms with E-state index in [0.717, 1.165) is 34.6 Å². The molecule has 0 bridgehead atoms. The monoisotopic (exact) mass is 429 g/mol. The number of pyridine rings is 1. The van der Waals surface area contributed by atoms with Crippen molar-refractivity contribution in [1.29, 1.82) is 0 Å². The summed E-state index contributed by atoms with van der Waals surface area (Å²) in [6.45, 7) is 5.17. The molecule has 9 heteroatoms. The molecule has 0 aliphatic carbocycles. The summed E-state index contributed by atoms with van der Waals surface area (Å²) < 4.78 is 8.00. The molecule has 0 aromatic carbocycles. The van der Waals surface area contributed by atoms with Crippen molar-refractivity contribution in [3.8, 4) is 0 Å². The molecule has 1 aliphatic rings. The highest BCUT2D eigenvalue weighted by atomic mass is 32.1. The van der Waals surface area contributed by atoms with Gasteiger partial charge in [-0.1, -0.05) is 6.07 Å². The first-order chi connectivity index (χ1) is 14.5. The molecule has 1 atom stereocenters. The van der Waals surface area contributed by atoms with Crippen molar-refractivity contribution in [1.82, 2.24) is 24.6 Å². The van der Waals surface area contributed by atoms with Gasteiger partial charge in [0, 0.05) is 69.2 Å². The molecule has 4 rings (SSSR count). The minimum absolute atomic E-state index is 0.0705. The first-order valence-corrected chi connectivity index (χ1v) is 10.9. The van der Waals surface area contributed by atoms with Crippen molar-refractivity contribution < 1.29 is 14.6 Å². The van der Waals surface area contributed by atoms with Gasteiger partial charge in [0.2, 0.25) is 0 Å². The van der Waals surface area contributed by atoms with Gasteiger partial charge < -0.3 is 14.7 Å². The van der Waals surface area contributed by atoms with Crippen LogP contribution in [0, 0.1) is 6.92 Å². The molecule has 8 nitrogen and oxygen atoms in total. The van der Waals surface area contributed by atoms with E-state index in [4.69, 9.17) is 4.74 Å². The second-order valence-electron chi connectivity index (χ2n) is 7.66. The molecule has 1 amide bonds. The summed E-state index contributed by atoms with van der Waals surface area (Å²) in [5.74, 6) is -0.106. The number of rotatable bonds is 6. The summed E-state index contributed by atoms with van der Waals surface area (Å²) in [5, 5.41) is 14.7. The number of carbonyl (C=O) groups excluding carboxylic acids is 1. The average molecular weight is 430 g/mol. The fraction of sp³-hybridized carbons (Fsp3) is 0.476. The molecular weight excluding hydrogens is 402 g/mol. The van der Waals surface area contributed by atoms with Crippen LogP contribution in [0.15, 0.2) is 24.5 Å². The number of amides is 1. The van der Waals surface area contributed by atoms with E-state index in [2.05, 4.69) is 21.2 Å². The summed E-state index contributed by atoms with van der Waals surface area (Å²) in [6, 6.07) is 3.90. The second-order valence-corrected chi connectivity index (χ2v) is 8.66. The van der Waals surface area contributed by atoms with Gasteiger partial charge in [0.1, 0.15) is 9.71 Å². The molecule has 3 aromatic rings. The minimum atomic E-state index is -0.213. The largest absolute Gasteiger partial charge is 0.395 e. The highest BCUT2D eigenvalue weighted by molar-refractivity contribution is 7.20. The van der Waals surface area contributed by atoms with E-state index in [9.17, 15) is 9.90 Å². The standard InChI is InChI=1S/C21H27N5O3S/c1-14-15(11-25(3)23-14)12-26-8-10-29-17(13-26)18-16-5-4-6-22-20(16)30-19(18)21(28)24(2)7-9-27/h4-6,11,17,27H,7-10,12-13H2,1-3H3/t17-/m1/s1. The Kier molecular flexibility index (Phi) is 6.14. The van der Waals surface area contributed by atoms with Crippen LogP contribution in [0.25, 0.3) is 10.2 Å². The molecule has 1 saturated heterocycles. The first-order valence-electron chi connectivity index (χ1n) is 10.0. The van der Waals surface area contributed by atoms with E-state index in [0.29, 0.717) is 18.0 Å². The number of aliphatic hydroxyl groups is 1. The Morgan fingerprint density at radius 1 is 1.47 bits per heavy atom. The summed E-state index contributed by atoms with van der Waals surface area (Å²) in [6.07, 6.45) is 3.59. The lowest BCUT2D eigenvalue weighted by molar-refractivity contribution is -0.0324. The summed E-state index contributed by atoms with van der Waals surface area (Å²) in [5.41, 5.74) is 3.15. The molecule has 0 unspecified atom stereocenters. The van der Waals surface area contributed by atoms with E-state index in [1.165, 1.54) is 16.9 Å². The Morgan fingerprint density at radius 2 is 2.30 bits per heavy atom. The number of aryl methyl sites for hydroxylation is 2. The maximum absolute atomic E-state index is 13.1. The smallest absolute Gasteiger partial charge is 0.264 e. The van der Waals surface area contributed by atoms with E-state index in [1.807, 2.05) is 30.8 Å². The number of hydrogen-bond donors (Lipinski definition) is 1. The van der Waals surface area contributed by atoms with Gasteiger partial charge in [-0.25, -0.2) is 4.98 Å². The predicted molar refractivity (Wildman–Crippen MR) is 116 cm³/mol. The lowest BCUT2D eigenvalue weighted by atomic mass is 10.0. The average Bonchev–Trinajstić information content (AvgIpc) is 3.27. The van der Waals surface area contributed by atoms with Crippen molar-refractivity contribution in [3.05, 3.63) is 46.2 Å². The van der Waals surface area contributed by atoms with Crippen molar-refractivity contribution in [3.63, 3.8) is 0 Å². The van der Waals surface area contributed by atoms with E-state index in [-0.39, 0.29) is 25.2 Å². The van der Waals surface area contributed by atoms with Crippen molar-refractivity contribution >= 4 is 27.5 Å². The lowest BCUT2D eigenvalue weighted by Crippen LogP contribution is -2.38. The van der Waals surface area contributed by atoms with Crippen LogP contribution in [0.1, 0.15) is 32.6 Å². The van der Waals surface area contributed by atoms with Gasteiger partial charge in [0.25, 0.3) is 5.91 Å². The number of thiophene rings is 1. The Hall–Kier alpha value is -2.33. The van der Waals surface area contributed by atoms with Gasteiger partial charge in [-0.15, -0.1) is 11.3 Å². The SMILES string of the molecule is Cc1nn(C)cc1CN1CCO[C@@H](c2c(C(=O)N(C)CCO)sc3ncccc23)C1. The molecule has 160 valence electrons. The zero-order valence-corrected chi connectivity index (χ0v) is 18.4. The zero-order valence-electron chi connectivity index (χ0n) is 17.5. The summed E-state index contributed by atoms with van der Waals surface area (Å²) in [7, 11) is 3.64. The number of fused-ring (bicyclic) bond motifs is 1. The Labute approximate surface area is 179 Å². The van der Waals surface area contributed by atoms with Gasteiger partial charge >= 0.3 is 0 Å². The number of aromatic nitrogens is 3. The van der Waals surface area contributed by atoms with Gasteiger partial charge in [0.15, 0.2) is 0 Å². The quantitative estimate of drug-likeness (QED) is 0.645. The highest BCUT2D eigenvalue weighted by Gasteiger charge is 2.31. The Balaban J connectivity index is 1.65. The highest BCUT2D eigenvalue weighted by Crippen LogP contribution is 2.38. The van der Waals surface area contributed by atoms with E-state index < -0.39 is 0 Å². The van der Waals surface area contributed by atoms with E-state index >= 15 is 0 Å². The van der Waals surface area contributed by atoms with Crippen LogP contribution in [-0.2, 0) is 18.3 Å². The molecular formula is C21H27N5O3S. The molecule has 0 saturated carbocycles. The number of likely N-dealkylation sites (N-methyl/N-ethyl adjacent to an activating group) is 1. The summed E-state index contributed by atoms with van der Waals surface area (Å²) in [4.78, 5) is 22.9. The van der Waals surface area contributed by atoms with Crippen molar-refractivity contribution in [2.75, 3.05) is 39.9 Å². The summed E-state index contributed by atoms with van der Waals surface area (Å²) >= 11 is 1.40. The fourth-order valence-electron chi connectivity index (χ4n) is 3.92. The van der Waals surface area contributed by atoms with Crippen LogP contribution in [0.4, 0.5) is 0 Å². The minimum Gasteiger partial charge on any atom is -0.395 e. The molecule has 0 spiro atoms. The third kappa shape index (κ3) is 4.11. The van der Waals surface area contributed by atoms with Gasteiger partial charge in [-0.05, 0) is 13.0 Å². The van der Waals surface area contributed by atoms with Crippen molar-refractivity contribution in [2.45, 2.75) is 19.6 Å². The van der Waals surface area contributed by atoms with Crippen LogP contribution in [-0.4, -0.2) is 75.5 Å². The molecule has 30 heavy (non-hydrogen) atoms. The molecule has 4 heterocycles. The molecule has 1 fully saturated rings. The maximum atomic E-state index is 13.1. The Bertz CT molecular complexity index is 1050. The number of hydrogen-bond acceptors (Lipinski definition) is 7. The van der Waals surface area contributed by atoms with Crippen LogP contribution in [0.2, 0.25) is 0 Å². The van der Waals surface area contributed by atoms with Crippen LogP contribution in [0.5, 0.6) is 0 Å². The molecule has 1 aliphatic heterocycles. The molecule has 0 radical (unpaired) electrons. The molecule has 3 aromatic heterocycles. The van der Waals surface area contributed by atoms with E-state index in [1.54, 1.807) is 18.1 Å². The predicted octanol–water partition coefficient (Wildman–Crippen LogP) is 1.98. The van der Waals surface area contributed by atoms with Crippen LogP contribution in [0.3, 0.4) is 0 Å². The normalized spacial score (nSPS) is 17.5. The zero-order chi connectivity index (χ0) is 21.3. The Morgan fingerprint density at radius 3 is 3.03 bits per heavy atom. The number of ether oxygens (including phenoxy) is 1. The van der Waals surface area contributed by atoms with Gasteiger partial charge in [-0.2, -0.15) is 5.10 Å². The number of carbonyl (C=O) groups is 1.